The monoisotopic (exact) mass is 282 g/mol. The minimum atomic E-state index is -0.520. The summed E-state index contributed by atoms with van der Waals surface area (Å²) < 4.78 is 5.51. The van der Waals surface area contributed by atoms with E-state index in [0.29, 0.717) is 17.0 Å². The van der Waals surface area contributed by atoms with E-state index in [0.717, 1.165) is 11.1 Å². The number of aryl methyl sites for hydroxylation is 2. The van der Waals surface area contributed by atoms with Crippen LogP contribution >= 0.6 is 0 Å². The number of H-pyrrole nitrogens is 2. The molecule has 4 N–H and O–H groups in total. The molecule has 0 bridgehead atoms. The summed E-state index contributed by atoms with van der Waals surface area (Å²) in [5, 5.41) is 14.7. The average molecular weight is 282 g/mol. The molecule has 0 fully saturated rings. The van der Waals surface area contributed by atoms with E-state index >= 15 is 0 Å². The lowest BCUT2D eigenvalue weighted by atomic mass is 9.83. The van der Waals surface area contributed by atoms with Crippen LogP contribution in [0.3, 0.4) is 0 Å². The molecule has 6 nitrogen and oxygen atoms in total. The predicted octanol–water partition coefficient (Wildman–Crippen LogP) is 1.54. The Morgan fingerprint density at radius 1 is 1.33 bits per heavy atom. The Labute approximate surface area is 120 Å². The van der Waals surface area contributed by atoms with Crippen molar-refractivity contribution >= 4 is 0 Å². The van der Waals surface area contributed by atoms with E-state index in [1.54, 1.807) is 13.0 Å². The highest BCUT2D eigenvalue weighted by molar-refractivity contribution is 5.56. The van der Waals surface area contributed by atoms with Crippen LogP contribution in [0.1, 0.15) is 28.3 Å². The van der Waals surface area contributed by atoms with Crippen LogP contribution in [-0.4, -0.2) is 10.2 Å². The van der Waals surface area contributed by atoms with Crippen LogP contribution in [0.4, 0.5) is 0 Å². The first-order valence-corrected chi connectivity index (χ1v) is 6.48. The molecule has 2 heterocycles. The molecule has 2 aromatic rings. The quantitative estimate of drug-likeness (QED) is 0.737. The zero-order chi connectivity index (χ0) is 15.1. The maximum Gasteiger partial charge on any atom is 0.268 e. The number of rotatable bonds is 1. The number of aromatic amines is 2. The second-order valence-corrected chi connectivity index (χ2v) is 5.08. The summed E-state index contributed by atoms with van der Waals surface area (Å²) in [5.74, 6) is 0.0922. The van der Waals surface area contributed by atoms with Gasteiger partial charge in [0.05, 0.1) is 11.5 Å². The minimum Gasteiger partial charge on any atom is -0.440 e. The van der Waals surface area contributed by atoms with Crippen molar-refractivity contribution in [2.75, 3.05) is 0 Å². The molecule has 1 aromatic carbocycles. The first-order valence-electron chi connectivity index (χ1n) is 6.48. The van der Waals surface area contributed by atoms with Gasteiger partial charge >= 0.3 is 0 Å². The fourth-order valence-electron chi connectivity index (χ4n) is 2.68. The van der Waals surface area contributed by atoms with Gasteiger partial charge in [0.2, 0.25) is 5.88 Å². The topological polar surface area (TPSA) is 108 Å². The summed E-state index contributed by atoms with van der Waals surface area (Å²) in [7, 11) is 0. The van der Waals surface area contributed by atoms with Gasteiger partial charge in [-0.05, 0) is 19.9 Å². The molecule has 0 amide bonds. The first-order chi connectivity index (χ1) is 10.0. The molecular formula is C15H14N4O2. The highest BCUT2D eigenvalue weighted by Gasteiger charge is 2.33. The van der Waals surface area contributed by atoms with Crippen molar-refractivity contribution in [3.05, 3.63) is 62.4 Å². The summed E-state index contributed by atoms with van der Waals surface area (Å²) in [6, 6.07) is 7.68. The third kappa shape index (κ3) is 1.91. The second-order valence-electron chi connectivity index (χ2n) is 5.08. The van der Waals surface area contributed by atoms with Gasteiger partial charge in [-0.1, -0.05) is 17.7 Å². The number of hydrogen-bond donors (Lipinski definition) is 3. The van der Waals surface area contributed by atoms with E-state index in [2.05, 4.69) is 16.3 Å². The van der Waals surface area contributed by atoms with Crippen LogP contribution in [-0.2, 0) is 0 Å². The number of benzene rings is 1. The average Bonchev–Trinajstić information content (AvgIpc) is 2.77. The predicted molar refractivity (Wildman–Crippen MR) is 76.6 cm³/mol. The van der Waals surface area contributed by atoms with Gasteiger partial charge in [0.1, 0.15) is 17.4 Å². The molecule has 1 aliphatic rings. The van der Waals surface area contributed by atoms with E-state index in [9.17, 15) is 10.1 Å². The van der Waals surface area contributed by atoms with Crippen LogP contribution in [0.25, 0.3) is 0 Å². The third-order valence-corrected chi connectivity index (χ3v) is 3.67. The van der Waals surface area contributed by atoms with Crippen molar-refractivity contribution in [3.63, 3.8) is 0 Å². The Hall–Kier alpha value is -2.94. The first kappa shape index (κ1) is 13.1. The van der Waals surface area contributed by atoms with Crippen LogP contribution in [0.5, 0.6) is 5.75 Å². The highest BCUT2D eigenvalue weighted by atomic mass is 16.5. The van der Waals surface area contributed by atoms with Gasteiger partial charge in [0.25, 0.3) is 5.56 Å². The molecule has 0 spiro atoms. The van der Waals surface area contributed by atoms with E-state index in [1.165, 1.54) is 0 Å². The van der Waals surface area contributed by atoms with E-state index in [-0.39, 0.29) is 17.0 Å². The Kier molecular flexibility index (Phi) is 2.84. The zero-order valence-electron chi connectivity index (χ0n) is 11.7. The molecule has 106 valence electrons. The molecule has 21 heavy (non-hydrogen) atoms. The Morgan fingerprint density at radius 2 is 2.10 bits per heavy atom. The van der Waals surface area contributed by atoms with Gasteiger partial charge < -0.3 is 15.6 Å². The maximum atomic E-state index is 12.1. The lowest BCUT2D eigenvalue weighted by Gasteiger charge is -2.25. The van der Waals surface area contributed by atoms with Gasteiger partial charge in [-0.25, -0.2) is 0 Å². The Bertz CT molecular complexity index is 851. The molecular weight excluding hydrogens is 268 g/mol. The van der Waals surface area contributed by atoms with Crippen molar-refractivity contribution in [2.24, 2.45) is 5.73 Å². The van der Waals surface area contributed by atoms with Gasteiger partial charge in [-0.2, -0.15) is 5.26 Å². The van der Waals surface area contributed by atoms with Crippen LogP contribution in [0.15, 0.2) is 34.4 Å². The molecule has 0 saturated carbocycles. The third-order valence-electron chi connectivity index (χ3n) is 3.67. The Morgan fingerprint density at radius 3 is 2.71 bits per heavy atom. The van der Waals surface area contributed by atoms with E-state index in [1.807, 2.05) is 19.1 Å². The zero-order valence-corrected chi connectivity index (χ0v) is 11.7. The highest BCUT2D eigenvalue weighted by Crippen LogP contribution is 2.41. The maximum absolute atomic E-state index is 12.1. The van der Waals surface area contributed by atoms with Gasteiger partial charge in [-0.15, -0.1) is 0 Å². The molecule has 1 aromatic heterocycles. The summed E-state index contributed by atoms with van der Waals surface area (Å²) in [6.07, 6.45) is 0. The SMILES string of the molecule is Cc1ccc2c(c1)C(c1c(C)[nH][nH]c1=O)C(C#N)=C(N)O2. The number of aromatic nitrogens is 2. The lowest BCUT2D eigenvalue weighted by molar-refractivity contribution is 0.393. The number of ether oxygens (including phenoxy) is 1. The van der Waals surface area contributed by atoms with Gasteiger partial charge in [0, 0.05) is 11.3 Å². The standard InChI is InChI=1S/C15H14N4O2/c1-7-3-4-11-9(5-7)13(10(6-16)14(17)21-11)12-8(2)18-19-15(12)20/h3-5,13H,17H2,1-2H3,(H2,18,19,20). The summed E-state index contributed by atoms with van der Waals surface area (Å²) in [6.45, 7) is 3.72. The van der Waals surface area contributed by atoms with Crippen molar-refractivity contribution in [2.45, 2.75) is 19.8 Å². The van der Waals surface area contributed by atoms with Crippen molar-refractivity contribution in [1.82, 2.24) is 10.2 Å². The van der Waals surface area contributed by atoms with E-state index in [4.69, 9.17) is 10.5 Å². The Balaban J connectivity index is 2.34. The molecule has 6 heteroatoms. The number of nitrogens with one attached hydrogen (secondary N) is 2. The van der Waals surface area contributed by atoms with Crippen molar-refractivity contribution in [3.8, 4) is 11.8 Å². The fourth-order valence-corrected chi connectivity index (χ4v) is 2.68. The molecule has 1 unspecified atom stereocenters. The molecule has 0 aliphatic carbocycles. The molecule has 0 saturated heterocycles. The summed E-state index contributed by atoms with van der Waals surface area (Å²) in [5.41, 5.74) is 8.81. The summed E-state index contributed by atoms with van der Waals surface area (Å²) >= 11 is 0. The number of allylic oxidation sites excluding steroid dienone is 1. The molecule has 3 rings (SSSR count). The molecule has 1 aliphatic heterocycles. The number of fused-ring (bicyclic) bond motifs is 1. The number of nitrogens with zero attached hydrogens (tertiary/aromatic N) is 1. The van der Waals surface area contributed by atoms with Crippen LogP contribution < -0.4 is 16.0 Å². The number of hydrogen-bond acceptors (Lipinski definition) is 4. The fraction of sp³-hybridized carbons (Fsp3) is 0.200. The normalized spacial score (nSPS) is 17.1. The summed E-state index contributed by atoms with van der Waals surface area (Å²) in [4.78, 5) is 12.1. The number of nitrogens with two attached hydrogens (primary N) is 1. The minimum absolute atomic E-state index is 0.0406. The van der Waals surface area contributed by atoms with Gasteiger partial charge in [-0.3, -0.25) is 9.89 Å². The largest absolute Gasteiger partial charge is 0.440 e. The van der Waals surface area contributed by atoms with Gasteiger partial charge in [0.15, 0.2) is 0 Å². The van der Waals surface area contributed by atoms with Crippen LogP contribution in [0, 0.1) is 25.2 Å². The second kappa shape index (κ2) is 4.56. The smallest absolute Gasteiger partial charge is 0.268 e. The molecule has 0 radical (unpaired) electrons. The molecule has 1 atom stereocenters. The van der Waals surface area contributed by atoms with Crippen molar-refractivity contribution in [1.29, 1.82) is 5.26 Å². The van der Waals surface area contributed by atoms with E-state index < -0.39 is 5.92 Å². The number of nitriles is 1. The van der Waals surface area contributed by atoms with Crippen LogP contribution in [0.2, 0.25) is 0 Å². The lowest BCUT2D eigenvalue weighted by Crippen LogP contribution is -2.24. The van der Waals surface area contributed by atoms with Crippen molar-refractivity contribution < 1.29 is 4.74 Å².